The number of aromatic carboxylic acids is 1. The van der Waals surface area contributed by atoms with Gasteiger partial charge in [0.05, 0.1) is 10.6 Å². The van der Waals surface area contributed by atoms with E-state index in [1.54, 1.807) is 22.1 Å². The lowest BCUT2D eigenvalue weighted by Gasteiger charge is -2.01. The number of rotatable bonds is 3. The fourth-order valence-corrected chi connectivity index (χ4v) is 3.18. The number of carboxylic acids is 1. The molecule has 6 heteroatoms. The second-order valence-corrected chi connectivity index (χ2v) is 5.77. The number of para-hydroxylation sites is 1. The van der Waals surface area contributed by atoms with Crippen LogP contribution in [0.2, 0.25) is 0 Å². The quantitative estimate of drug-likeness (QED) is 0.605. The van der Waals surface area contributed by atoms with Crippen molar-refractivity contribution >= 4 is 28.3 Å². The van der Waals surface area contributed by atoms with Crippen molar-refractivity contribution in [3.63, 3.8) is 0 Å². The van der Waals surface area contributed by atoms with Crippen LogP contribution in [0.5, 0.6) is 0 Å². The Morgan fingerprint density at radius 2 is 2.00 bits per heavy atom. The van der Waals surface area contributed by atoms with E-state index < -0.39 is 5.97 Å². The van der Waals surface area contributed by atoms with E-state index in [1.807, 2.05) is 47.8 Å². The van der Waals surface area contributed by atoms with Crippen molar-refractivity contribution in [3.05, 3.63) is 59.6 Å². The number of nitrogens with zero attached hydrogens (tertiary/aromatic N) is 2. The van der Waals surface area contributed by atoms with Crippen LogP contribution in [0.1, 0.15) is 10.5 Å². The Morgan fingerprint density at radius 3 is 2.68 bits per heavy atom. The zero-order valence-corrected chi connectivity index (χ0v) is 12.2. The van der Waals surface area contributed by atoms with Gasteiger partial charge < -0.3 is 10.1 Å². The normalized spacial score (nSPS) is 11.1. The molecule has 0 saturated heterocycles. The summed E-state index contributed by atoms with van der Waals surface area (Å²) < 4.78 is 1.75. The number of fused-ring (bicyclic) bond motifs is 1. The summed E-state index contributed by atoms with van der Waals surface area (Å²) in [6.07, 6.45) is 0. The third kappa shape index (κ3) is 1.93. The molecule has 108 valence electrons. The highest BCUT2D eigenvalue weighted by atomic mass is 32.1. The van der Waals surface area contributed by atoms with Crippen LogP contribution in [-0.2, 0) is 0 Å². The molecule has 0 unspecified atom stereocenters. The lowest BCUT2D eigenvalue weighted by molar-refractivity contribution is 0.0691. The number of aromatic amines is 1. The number of nitrogens with one attached hydrogen (secondary N) is 1. The zero-order chi connectivity index (χ0) is 15.1. The first kappa shape index (κ1) is 12.8. The van der Waals surface area contributed by atoms with E-state index >= 15 is 0 Å². The molecule has 4 aromatic rings. The van der Waals surface area contributed by atoms with Crippen LogP contribution in [0, 0.1) is 0 Å². The molecule has 0 aliphatic heterocycles. The molecule has 0 radical (unpaired) electrons. The molecule has 3 heterocycles. The summed E-state index contributed by atoms with van der Waals surface area (Å²) in [4.78, 5) is 15.2. The van der Waals surface area contributed by atoms with Crippen molar-refractivity contribution in [2.24, 2.45) is 0 Å². The monoisotopic (exact) mass is 309 g/mol. The van der Waals surface area contributed by atoms with Crippen molar-refractivity contribution in [1.29, 1.82) is 0 Å². The Morgan fingerprint density at radius 1 is 1.18 bits per heavy atom. The first-order valence-electron chi connectivity index (χ1n) is 6.68. The van der Waals surface area contributed by atoms with Crippen molar-refractivity contribution in [3.8, 4) is 16.3 Å². The van der Waals surface area contributed by atoms with Gasteiger partial charge in [-0.2, -0.15) is 5.10 Å². The van der Waals surface area contributed by atoms with Crippen LogP contribution in [0.4, 0.5) is 0 Å². The molecule has 0 saturated carbocycles. The van der Waals surface area contributed by atoms with Gasteiger partial charge in [-0.15, -0.1) is 11.3 Å². The lowest BCUT2D eigenvalue weighted by Crippen LogP contribution is -2.00. The summed E-state index contributed by atoms with van der Waals surface area (Å²) >= 11 is 1.58. The molecule has 3 aromatic heterocycles. The van der Waals surface area contributed by atoms with Crippen molar-refractivity contribution in [2.45, 2.75) is 0 Å². The van der Waals surface area contributed by atoms with Crippen LogP contribution < -0.4 is 0 Å². The molecular formula is C16H11N3O2S. The largest absolute Gasteiger partial charge is 0.477 e. The predicted octanol–water partition coefficient (Wildman–Crippen LogP) is 3.78. The Bertz CT molecular complexity index is 952. The van der Waals surface area contributed by atoms with Gasteiger partial charge in [-0.05, 0) is 29.6 Å². The Hall–Kier alpha value is -2.86. The summed E-state index contributed by atoms with van der Waals surface area (Å²) in [6, 6.07) is 15.2. The van der Waals surface area contributed by atoms with Gasteiger partial charge in [0, 0.05) is 5.39 Å². The third-order valence-electron chi connectivity index (χ3n) is 3.45. The third-order valence-corrected chi connectivity index (χ3v) is 4.33. The number of aromatic nitrogens is 3. The Labute approximate surface area is 129 Å². The van der Waals surface area contributed by atoms with Gasteiger partial charge in [-0.3, -0.25) is 0 Å². The van der Waals surface area contributed by atoms with Gasteiger partial charge >= 0.3 is 5.97 Å². The minimum atomic E-state index is -0.979. The highest BCUT2D eigenvalue weighted by Gasteiger charge is 2.19. The van der Waals surface area contributed by atoms with E-state index in [9.17, 15) is 9.90 Å². The van der Waals surface area contributed by atoms with E-state index in [1.165, 1.54) is 0 Å². The molecule has 0 amide bonds. The lowest BCUT2D eigenvalue weighted by atomic mass is 10.2. The second kappa shape index (κ2) is 4.85. The molecule has 0 aliphatic rings. The van der Waals surface area contributed by atoms with Crippen molar-refractivity contribution < 1.29 is 9.90 Å². The molecule has 4 rings (SSSR count). The zero-order valence-electron chi connectivity index (χ0n) is 11.4. The molecular weight excluding hydrogens is 298 g/mol. The number of carboxylic acid groups (broad SMARTS) is 1. The van der Waals surface area contributed by atoms with Crippen LogP contribution in [0.15, 0.2) is 53.9 Å². The van der Waals surface area contributed by atoms with Crippen LogP contribution in [-0.4, -0.2) is 25.8 Å². The number of benzene rings is 1. The van der Waals surface area contributed by atoms with Crippen LogP contribution >= 0.6 is 11.3 Å². The Kier molecular flexibility index (Phi) is 2.83. The minimum absolute atomic E-state index is 0.162. The van der Waals surface area contributed by atoms with Gasteiger partial charge in [-0.25, -0.2) is 9.48 Å². The highest BCUT2D eigenvalue weighted by molar-refractivity contribution is 7.13. The number of H-pyrrole nitrogens is 1. The number of hydrogen-bond donors (Lipinski definition) is 2. The first-order chi connectivity index (χ1) is 10.7. The van der Waals surface area contributed by atoms with Crippen molar-refractivity contribution in [2.75, 3.05) is 0 Å². The van der Waals surface area contributed by atoms with Gasteiger partial charge in [-0.1, -0.05) is 24.3 Å². The molecule has 0 aliphatic carbocycles. The summed E-state index contributed by atoms with van der Waals surface area (Å²) in [7, 11) is 0. The van der Waals surface area contributed by atoms with Crippen LogP contribution in [0.25, 0.3) is 27.3 Å². The van der Waals surface area contributed by atoms with Gasteiger partial charge in [0.2, 0.25) is 0 Å². The predicted molar refractivity (Wildman–Crippen MR) is 85.7 cm³/mol. The number of carbonyl (C=O) groups is 1. The molecule has 1 aromatic carbocycles. The standard InChI is InChI=1S/C16H11N3O2S/c20-16(21)12-9-11-14(13-7-4-8-22-13)18-19(15(11)17-12)10-5-2-1-3-6-10/h1-9,17H,(H,20,21). The maximum absolute atomic E-state index is 11.3. The highest BCUT2D eigenvalue weighted by Crippen LogP contribution is 2.32. The van der Waals surface area contributed by atoms with Crippen molar-refractivity contribution in [1.82, 2.24) is 14.8 Å². The molecule has 0 fully saturated rings. The molecule has 0 atom stereocenters. The molecule has 0 spiro atoms. The fraction of sp³-hybridized carbons (Fsp3) is 0. The van der Waals surface area contributed by atoms with E-state index in [-0.39, 0.29) is 5.69 Å². The number of thiophene rings is 1. The smallest absolute Gasteiger partial charge is 0.352 e. The minimum Gasteiger partial charge on any atom is -0.477 e. The van der Waals surface area contributed by atoms with E-state index in [4.69, 9.17) is 0 Å². The topological polar surface area (TPSA) is 70.9 Å². The average molecular weight is 309 g/mol. The van der Waals surface area contributed by atoms with E-state index in [0.717, 1.165) is 21.6 Å². The molecule has 2 N–H and O–H groups in total. The van der Waals surface area contributed by atoms with Gasteiger partial charge in [0.25, 0.3) is 0 Å². The molecule has 0 bridgehead atoms. The summed E-state index contributed by atoms with van der Waals surface area (Å²) in [5, 5.41) is 16.7. The summed E-state index contributed by atoms with van der Waals surface area (Å²) in [5.41, 5.74) is 2.52. The van der Waals surface area contributed by atoms with Gasteiger partial charge in [0.15, 0.2) is 0 Å². The Balaban J connectivity index is 2.03. The van der Waals surface area contributed by atoms with E-state index in [0.29, 0.717) is 5.65 Å². The average Bonchev–Trinajstić information content (AvgIpc) is 3.23. The maximum Gasteiger partial charge on any atom is 0.352 e. The van der Waals surface area contributed by atoms with E-state index in [2.05, 4.69) is 10.1 Å². The summed E-state index contributed by atoms with van der Waals surface area (Å²) in [6.45, 7) is 0. The maximum atomic E-state index is 11.3. The summed E-state index contributed by atoms with van der Waals surface area (Å²) in [5.74, 6) is -0.979. The number of hydrogen-bond acceptors (Lipinski definition) is 3. The fourth-order valence-electron chi connectivity index (χ4n) is 2.46. The SMILES string of the molecule is O=C(O)c1cc2c(-c3cccs3)nn(-c3ccccc3)c2[nH]1. The van der Waals surface area contributed by atoms with Gasteiger partial charge in [0.1, 0.15) is 17.0 Å². The van der Waals surface area contributed by atoms with Crippen LogP contribution in [0.3, 0.4) is 0 Å². The second-order valence-electron chi connectivity index (χ2n) is 4.82. The molecule has 22 heavy (non-hydrogen) atoms. The first-order valence-corrected chi connectivity index (χ1v) is 7.56. The molecule has 5 nitrogen and oxygen atoms in total.